The predicted octanol–water partition coefficient (Wildman–Crippen LogP) is 5.77. The average Bonchev–Trinajstić information content (AvgIpc) is 3.09. The van der Waals surface area contributed by atoms with Crippen LogP contribution in [0.5, 0.6) is 0 Å². The second-order valence-electron chi connectivity index (χ2n) is 12.5. The van der Waals surface area contributed by atoms with Crippen molar-refractivity contribution in [3.63, 3.8) is 0 Å². The Kier molecular flexibility index (Phi) is 8.49. The van der Waals surface area contributed by atoms with E-state index in [1.54, 1.807) is 6.08 Å². The molecule has 3 nitrogen and oxygen atoms in total. The summed E-state index contributed by atoms with van der Waals surface area (Å²) >= 11 is 0. The highest BCUT2D eigenvalue weighted by Gasteiger charge is 2.62. The van der Waals surface area contributed by atoms with Crippen molar-refractivity contribution < 1.29 is 13.9 Å². The van der Waals surface area contributed by atoms with Gasteiger partial charge in [0.1, 0.15) is 20.3 Å². The third-order valence-corrected chi connectivity index (χ3v) is 12.6. The largest absolute Gasteiger partial charge is 0.397 e. The van der Waals surface area contributed by atoms with Gasteiger partial charge in [-0.1, -0.05) is 133 Å². The standard InChI is InChI=1S/C32H42O3Si2/c1-11-26(23-24-36(8,9)10)34-32(12-2)29(31(6,7)25-33-32)35-37(30(3,4)5,27-19-15-13-16-20-27)28-21-17-14-18-22-28/h2,11,13-22,26,29H,1,25H2,3-10H3/t26?,29-,32+/m1/s1. The van der Waals surface area contributed by atoms with Gasteiger partial charge in [-0.15, -0.1) is 12.0 Å². The molecule has 0 bridgehead atoms. The SMILES string of the molecule is C#C[C@@]1(OC(C#C[Si](C)(C)C)C=C)OCC(C)(C)[C@H]1O[Si](c1ccccc1)(c1ccccc1)C(C)(C)C. The van der Waals surface area contributed by atoms with Crippen LogP contribution >= 0.6 is 0 Å². The molecule has 2 aromatic rings. The monoisotopic (exact) mass is 530 g/mol. The molecule has 0 radical (unpaired) electrons. The summed E-state index contributed by atoms with van der Waals surface area (Å²) in [6.45, 7) is 22.0. The molecule has 37 heavy (non-hydrogen) atoms. The van der Waals surface area contributed by atoms with Crippen molar-refractivity contribution in [3.8, 4) is 23.8 Å². The van der Waals surface area contributed by atoms with E-state index in [1.165, 1.54) is 10.4 Å². The maximum absolute atomic E-state index is 7.52. The third kappa shape index (κ3) is 6.03. The maximum Gasteiger partial charge on any atom is 0.261 e. The number of terminal acetylenes is 1. The minimum absolute atomic E-state index is 0.218. The van der Waals surface area contributed by atoms with Crippen LogP contribution < -0.4 is 10.4 Å². The fraction of sp³-hybridized carbons (Fsp3) is 0.438. The van der Waals surface area contributed by atoms with Gasteiger partial charge in [-0.3, -0.25) is 0 Å². The van der Waals surface area contributed by atoms with Crippen LogP contribution in [0.25, 0.3) is 0 Å². The van der Waals surface area contributed by atoms with Crippen LogP contribution in [0.4, 0.5) is 0 Å². The van der Waals surface area contributed by atoms with Crippen LogP contribution in [0, 0.1) is 29.2 Å². The highest BCUT2D eigenvalue weighted by molar-refractivity contribution is 6.99. The van der Waals surface area contributed by atoms with E-state index in [0.717, 1.165) is 0 Å². The van der Waals surface area contributed by atoms with Crippen LogP contribution in [-0.4, -0.2) is 41.0 Å². The normalized spacial score (nSPS) is 22.4. The van der Waals surface area contributed by atoms with Gasteiger partial charge >= 0.3 is 0 Å². The Morgan fingerprint density at radius 2 is 1.54 bits per heavy atom. The number of ether oxygens (including phenoxy) is 2. The molecule has 1 aliphatic rings. The van der Waals surface area contributed by atoms with Crippen molar-refractivity contribution in [2.24, 2.45) is 5.41 Å². The van der Waals surface area contributed by atoms with E-state index in [2.05, 4.69) is 127 Å². The van der Waals surface area contributed by atoms with E-state index in [0.29, 0.717) is 6.61 Å². The molecule has 1 saturated heterocycles. The Balaban J connectivity index is 2.21. The van der Waals surface area contributed by atoms with E-state index >= 15 is 0 Å². The van der Waals surface area contributed by atoms with E-state index in [-0.39, 0.29) is 5.04 Å². The van der Waals surface area contributed by atoms with Gasteiger partial charge in [0.25, 0.3) is 14.1 Å². The summed E-state index contributed by atoms with van der Waals surface area (Å²) in [5.74, 6) is 4.72. The van der Waals surface area contributed by atoms with Gasteiger partial charge in [0.2, 0.25) is 0 Å². The molecule has 1 fully saturated rings. The summed E-state index contributed by atoms with van der Waals surface area (Å²) in [5, 5.41) is 2.15. The van der Waals surface area contributed by atoms with Crippen molar-refractivity contribution in [2.45, 2.75) is 77.3 Å². The summed E-state index contributed by atoms with van der Waals surface area (Å²) in [4.78, 5) is 0. The van der Waals surface area contributed by atoms with Crippen LogP contribution in [-0.2, 0) is 13.9 Å². The van der Waals surface area contributed by atoms with Crippen LogP contribution in [0.3, 0.4) is 0 Å². The first-order chi connectivity index (χ1) is 17.2. The highest BCUT2D eigenvalue weighted by atomic mass is 28.4. The minimum Gasteiger partial charge on any atom is -0.397 e. The number of rotatable bonds is 7. The molecule has 0 saturated carbocycles. The molecule has 1 heterocycles. The van der Waals surface area contributed by atoms with Gasteiger partial charge < -0.3 is 13.9 Å². The van der Waals surface area contributed by atoms with Gasteiger partial charge in [0, 0.05) is 5.41 Å². The van der Waals surface area contributed by atoms with Gasteiger partial charge in [0.15, 0.2) is 0 Å². The predicted molar refractivity (Wildman–Crippen MR) is 160 cm³/mol. The molecule has 0 aromatic heterocycles. The molecule has 1 unspecified atom stereocenters. The smallest absolute Gasteiger partial charge is 0.261 e. The van der Waals surface area contributed by atoms with Gasteiger partial charge in [-0.2, -0.15) is 0 Å². The lowest BCUT2D eigenvalue weighted by atomic mass is 9.86. The molecule has 3 atom stereocenters. The van der Waals surface area contributed by atoms with Gasteiger partial charge in [0.05, 0.1) is 6.61 Å². The summed E-state index contributed by atoms with van der Waals surface area (Å²) in [6, 6.07) is 21.1. The Morgan fingerprint density at radius 1 is 1.03 bits per heavy atom. The molecule has 0 aliphatic carbocycles. The highest BCUT2D eigenvalue weighted by Crippen LogP contribution is 2.47. The zero-order valence-electron chi connectivity index (χ0n) is 23.7. The fourth-order valence-corrected chi connectivity index (χ4v) is 10.3. The van der Waals surface area contributed by atoms with Crippen molar-refractivity contribution >= 4 is 26.8 Å². The third-order valence-electron chi connectivity index (χ3n) is 6.73. The quantitative estimate of drug-likeness (QED) is 0.258. The van der Waals surface area contributed by atoms with Crippen LogP contribution in [0.1, 0.15) is 34.6 Å². The van der Waals surface area contributed by atoms with E-state index in [4.69, 9.17) is 20.3 Å². The molecule has 5 heteroatoms. The molecule has 1 aliphatic heterocycles. The number of hydrogen-bond acceptors (Lipinski definition) is 3. The lowest BCUT2D eigenvalue weighted by molar-refractivity contribution is -0.210. The molecular formula is C32H42O3Si2. The zero-order valence-corrected chi connectivity index (χ0v) is 25.7. The fourth-order valence-electron chi connectivity index (χ4n) is 4.92. The number of benzene rings is 2. The average molecular weight is 531 g/mol. The van der Waals surface area contributed by atoms with Crippen molar-refractivity contribution in [1.29, 1.82) is 0 Å². The lowest BCUT2D eigenvalue weighted by Crippen LogP contribution is -2.70. The molecule has 0 N–H and O–H groups in total. The second kappa shape index (κ2) is 10.8. The van der Waals surface area contributed by atoms with Crippen molar-refractivity contribution in [1.82, 2.24) is 0 Å². The Morgan fingerprint density at radius 3 is 1.95 bits per heavy atom. The van der Waals surface area contributed by atoms with Gasteiger partial charge in [-0.05, 0) is 21.3 Å². The Labute approximate surface area is 226 Å². The summed E-state index contributed by atoms with van der Waals surface area (Å²) < 4.78 is 20.4. The van der Waals surface area contributed by atoms with E-state index in [9.17, 15) is 0 Å². The molecule has 3 rings (SSSR count). The van der Waals surface area contributed by atoms with Crippen LogP contribution in [0.15, 0.2) is 73.3 Å². The summed E-state index contributed by atoms with van der Waals surface area (Å²) in [5.41, 5.74) is 2.98. The summed E-state index contributed by atoms with van der Waals surface area (Å²) in [6.07, 6.45) is 6.82. The number of hydrogen-bond donors (Lipinski definition) is 0. The Hall–Kier alpha value is -2.39. The Bertz CT molecular complexity index is 1130. The van der Waals surface area contributed by atoms with Crippen molar-refractivity contribution in [2.75, 3.05) is 6.61 Å². The summed E-state index contributed by atoms with van der Waals surface area (Å²) in [7, 11) is -4.56. The van der Waals surface area contributed by atoms with Crippen molar-refractivity contribution in [3.05, 3.63) is 73.3 Å². The maximum atomic E-state index is 7.52. The molecular weight excluding hydrogens is 489 g/mol. The van der Waals surface area contributed by atoms with Crippen LogP contribution in [0.2, 0.25) is 24.7 Å². The van der Waals surface area contributed by atoms with E-state index in [1.807, 2.05) is 12.1 Å². The first-order valence-electron chi connectivity index (χ1n) is 12.9. The first kappa shape index (κ1) is 29.2. The lowest BCUT2D eigenvalue weighted by Gasteiger charge is -2.48. The molecule has 0 amide bonds. The van der Waals surface area contributed by atoms with E-state index < -0.39 is 39.8 Å². The second-order valence-corrected chi connectivity index (χ2v) is 21.5. The van der Waals surface area contributed by atoms with Gasteiger partial charge in [-0.25, -0.2) is 0 Å². The topological polar surface area (TPSA) is 27.7 Å². The first-order valence-corrected chi connectivity index (χ1v) is 18.4. The molecule has 2 aromatic carbocycles. The minimum atomic E-state index is -2.93. The molecule has 196 valence electrons. The zero-order chi connectivity index (χ0) is 27.5. The molecule has 0 spiro atoms.